The van der Waals surface area contributed by atoms with E-state index in [0.29, 0.717) is 0 Å². The maximum Gasteiger partial charge on any atom is 0.0681 e. The van der Waals surface area contributed by atoms with E-state index < -0.39 is 0 Å². The molecule has 1 aromatic carbocycles. The topological polar surface area (TPSA) is 50.1 Å². The van der Waals surface area contributed by atoms with Crippen molar-refractivity contribution in [1.82, 2.24) is 15.1 Å². The summed E-state index contributed by atoms with van der Waals surface area (Å²) >= 11 is 0. The maximum atomic E-state index is 9.06. The summed E-state index contributed by atoms with van der Waals surface area (Å²) in [6.07, 6.45) is 2.79. The predicted molar refractivity (Wildman–Crippen MR) is 71.0 cm³/mol. The van der Waals surface area contributed by atoms with Crippen LogP contribution in [-0.4, -0.2) is 21.4 Å². The molecule has 0 aliphatic rings. The highest BCUT2D eigenvalue weighted by Crippen LogP contribution is 2.05. The molecule has 0 saturated carbocycles. The lowest BCUT2D eigenvalue weighted by atomic mass is 10.1. The highest BCUT2D eigenvalue weighted by Gasteiger charge is 1.98. The van der Waals surface area contributed by atoms with E-state index in [1.807, 2.05) is 42.2 Å². The van der Waals surface area contributed by atoms with Gasteiger partial charge >= 0.3 is 0 Å². The van der Waals surface area contributed by atoms with E-state index >= 15 is 0 Å². The smallest absolute Gasteiger partial charge is 0.0681 e. The summed E-state index contributed by atoms with van der Waals surface area (Å²) in [5.41, 5.74) is 3.39. The zero-order valence-corrected chi connectivity index (χ0v) is 10.6. The van der Waals surface area contributed by atoms with Gasteiger partial charge < -0.3 is 10.4 Å². The number of nitrogens with zero attached hydrogens (tertiary/aromatic N) is 2. The molecule has 0 amide bonds. The van der Waals surface area contributed by atoms with Crippen molar-refractivity contribution in [1.29, 1.82) is 0 Å². The first kappa shape index (κ1) is 12.8. The van der Waals surface area contributed by atoms with Crippen LogP contribution in [0.4, 0.5) is 0 Å². The fourth-order valence-corrected chi connectivity index (χ4v) is 1.93. The summed E-state index contributed by atoms with van der Waals surface area (Å²) in [7, 11) is 1.96. The number of benzene rings is 1. The molecule has 1 heterocycles. The van der Waals surface area contributed by atoms with Crippen molar-refractivity contribution in [3.05, 3.63) is 53.3 Å². The van der Waals surface area contributed by atoms with Crippen LogP contribution in [0.5, 0.6) is 0 Å². The van der Waals surface area contributed by atoms with Crippen molar-refractivity contribution in [2.75, 3.05) is 6.54 Å². The third kappa shape index (κ3) is 3.42. The minimum absolute atomic E-state index is 0.100. The molecule has 4 nitrogen and oxygen atoms in total. The van der Waals surface area contributed by atoms with Gasteiger partial charge in [0, 0.05) is 38.4 Å². The van der Waals surface area contributed by atoms with Crippen LogP contribution >= 0.6 is 0 Å². The van der Waals surface area contributed by atoms with Crippen LogP contribution < -0.4 is 5.32 Å². The predicted octanol–water partition coefficient (Wildman–Crippen LogP) is 1.24. The lowest BCUT2D eigenvalue weighted by Crippen LogP contribution is -2.18. The van der Waals surface area contributed by atoms with Crippen molar-refractivity contribution in [3.63, 3.8) is 0 Å². The van der Waals surface area contributed by atoms with Gasteiger partial charge in [0.25, 0.3) is 0 Å². The molecular formula is C14H19N3O. The van der Waals surface area contributed by atoms with Gasteiger partial charge in [-0.05, 0) is 17.2 Å². The number of hydrogen-bond acceptors (Lipinski definition) is 3. The molecule has 0 bridgehead atoms. The number of aliphatic hydroxyl groups is 1. The normalized spacial score (nSPS) is 10.8. The van der Waals surface area contributed by atoms with Crippen molar-refractivity contribution >= 4 is 0 Å². The standard InChI is InChI=1S/C14H19N3O/c1-17-14(6-8-16-17)5-7-15-10-12-3-2-4-13(9-12)11-18/h2-4,6,8-9,15,18H,5,7,10-11H2,1H3. The second-order valence-corrected chi connectivity index (χ2v) is 4.35. The summed E-state index contributed by atoms with van der Waals surface area (Å²) in [5.74, 6) is 0. The number of hydrogen-bond donors (Lipinski definition) is 2. The van der Waals surface area contributed by atoms with Crippen molar-refractivity contribution in [2.45, 2.75) is 19.6 Å². The molecule has 0 spiro atoms. The minimum Gasteiger partial charge on any atom is -0.392 e. The third-order valence-corrected chi connectivity index (χ3v) is 2.98. The van der Waals surface area contributed by atoms with E-state index in [1.54, 1.807) is 0 Å². The van der Waals surface area contributed by atoms with E-state index in [1.165, 1.54) is 11.3 Å². The fraction of sp³-hybridized carbons (Fsp3) is 0.357. The van der Waals surface area contributed by atoms with Crippen LogP contribution in [0.2, 0.25) is 0 Å². The Morgan fingerprint density at radius 3 is 2.83 bits per heavy atom. The minimum atomic E-state index is 0.100. The largest absolute Gasteiger partial charge is 0.392 e. The van der Waals surface area contributed by atoms with Gasteiger partial charge in [-0.25, -0.2) is 0 Å². The molecular weight excluding hydrogens is 226 g/mol. The summed E-state index contributed by atoms with van der Waals surface area (Å²) in [6, 6.07) is 10.0. The molecule has 0 fully saturated rings. The van der Waals surface area contributed by atoms with Crippen LogP contribution in [0.3, 0.4) is 0 Å². The zero-order chi connectivity index (χ0) is 12.8. The maximum absolute atomic E-state index is 9.06. The van der Waals surface area contributed by atoms with Crippen LogP contribution in [0.25, 0.3) is 0 Å². The average Bonchev–Trinajstić information content (AvgIpc) is 2.81. The monoisotopic (exact) mass is 245 g/mol. The van der Waals surface area contributed by atoms with Crippen LogP contribution in [0.15, 0.2) is 36.5 Å². The molecule has 0 saturated heterocycles. The summed E-state index contributed by atoms with van der Waals surface area (Å²) in [4.78, 5) is 0. The average molecular weight is 245 g/mol. The van der Waals surface area contributed by atoms with Gasteiger partial charge in [-0.2, -0.15) is 5.10 Å². The van der Waals surface area contributed by atoms with Crippen LogP contribution in [0.1, 0.15) is 16.8 Å². The molecule has 4 heteroatoms. The molecule has 0 radical (unpaired) electrons. The molecule has 1 aromatic heterocycles. The van der Waals surface area contributed by atoms with Gasteiger partial charge in [0.05, 0.1) is 6.61 Å². The second kappa shape index (κ2) is 6.33. The van der Waals surface area contributed by atoms with Crippen LogP contribution in [0, 0.1) is 0 Å². The lowest BCUT2D eigenvalue weighted by Gasteiger charge is -2.06. The number of nitrogens with one attached hydrogen (secondary N) is 1. The quantitative estimate of drug-likeness (QED) is 0.753. The van der Waals surface area contributed by atoms with Gasteiger partial charge in [0.1, 0.15) is 0 Å². The van der Waals surface area contributed by atoms with Crippen molar-refractivity contribution in [2.24, 2.45) is 7.05 Å². The Hall–Kier alpha value is -1.65. The van der Waals surface area contributed by atoms with Gasteiger partial charge in [0.2, 0.25) is 0 Å². The molecule has 0 unspecified atom stereocenters. The Morgan fingerprint density at radius 2 is 2.11 bits per heavy atom. The molecule has 0 atom stereocenters. The Labute approximate surface area is 107 Å². The highest BCUT2D eigenvalue weighted by molar-refractivity contribution is 5.22. The summed E-state index contributed by atoms with van der Waals surface area (Å²) < 4.78 is 1.90. The Morgan fingerprint density at radius 1 is 1.28 bits per heavy atom. The first-order valence-corrected chi connectivity index (χ1v) is 6.16. The Kier molecular flexibility index (Phi) is 4.50. The molecule has 2 N–H and O–H groups in total. The lowest BCUT2D eigenvalue weighted by molar-refractivity contribution is 0.281. The first-order chi connectivity index (χ1) is 8.79. The SMILES string of the molecule is Cn1nccc1CCNCc1cccc(CO)c1. The fourth-order valence-electron chi connectivity index (χ4n) is 1.93. The van der Waals surface area contributed by atoms with Gasteiger partial charge in [-0.15, -0.1) is 0 Å². The molecule has 2 aromatic rings. The number of aliphatic hydroxyl groups excluding tert-OH is 1. The Balaban J connectivity index is 1.76. The molecule has 96 valence electrons. The van der Waals surface area contributed by atoms with E-state index in [9.17, 15) is 0 Å². The molecule has 2 rings (SSSR count). The first-order valence-electron chi connectivity index (χ1n) is 6.16. The molecule has 0 aliphatic carbocycles. The van der Waals surface area contributed by atoms with E-state index in [-0.39, 0.29) is 6.61 Å². The Bertz CT molecular complexity index is 493. The number of aromatic nitrogens is 2. The van der Waals surface area contributed by atoms with Crippen molar-refractivity contribution < 1.29 is 5.11 Å². The van der Waals surface area contributed by atoms with Crippen LogP contribution in [-0.2, 0) is 26.6 Å². The van der Waals surface area contributed by atoms with E-state index in [0.717, 1.165) is 25.1 Å². The second-order valence-electron chi connectivity index (χ2n) is 4.35. The zero-order valence-electron chi connectivity index (χ0n) is 10.6. The van der Waals surface area contributed by atoms with Gasteiger partial charge in [0.15, 0.2) is 0 Å². The van der Waals surface area contributed by atoms with E-state index in [4.69, 9.17) is 5.11 Å². The molecule has 0 aliphatic heterocycles. The van der Waals surface area contributed by atoms with Gasteiger partial charge in [-0.3, -0.25) is 4.68 Å². The van der Waals surface area contributed by atoms with Crippen molar-refractivity contribution in [3.8, 4) is 0 Å². The summed E-state index contributed by atoms with van der Waals surface area (Å²) in [6.45, 7) is 1.84. The van der Waals surface area contributed by atoms with E-state index in [2.05, 4.69) is 16.5 Å². The summed E-state index contributed by atoms with van der Waals surface area (Å²) in [5, 5.41) is 16.6. The highest BCUT2D eigenvalue weighted by atomic mass is 16.3. The third-order valence-electron chi connectivity index (χ3n) is 2.98. The molecule has 18 heavy (non-hydrogen) atoms. The number of aryl methyl sites for hydroxylation is 1. The number of rotatable bonds is 6. The van der Waals surface area contributed by atoms with Gasteiger partial charge in [-0.1, -0.05) is 24.3 Å².